The molecule has 0 bridgehead atoms. The van der Waals surface area contributed by atoms with E-state index in [1.54, 1.807) is 6.33 Å². The average Bonchev–Trinajstić information content (AvgIpc) is 3.30. The average molecular weight is 419 g/mol. The molecule has 1 aliphatic heterocycles. The van der Waals surface area contributed by atoms with Crippen molar-refractivity contribution in [3.8, 4) is 11.1 Å². The predicted octanol–water partition coefficient (Wildman–Crippen LogP) is 3.02. The fraction of sp³-hybridized carbons (Fsp3) is 0.391. The number of fused-ring (bicyclic) bond motifs is 3. The molecular formula is C23H26N6O2. The number of pyridine rings is 1. The molecule has 160 valence electrons. The lowest BCUT2D eigenvalue weighted by molar-refractivity contribution is 0.0342. The van der Waals surface area contributed by atoms with Crippen LogP contribution < -0.4 is 0 Å². The van der Waals surface area contributed by atoms with Gasteiger partial charge >= 0.3 is 0 Å². The summed E-state index contributed by atoms with van der Waals surface area (Å²) in [6.07, 6.45) is 5.52. The Bertz CT molecular complexity index is 1220. The van der Waals surface area contributed by atoms with Crippen LogP contribution in [-0.4, -0.2) is 62.4 Å². The molecule has 0 atom stereocenters. The van der Waals surface area contributed by atoms with Gasteiger partial charge in [0, 0.05) is 49.8 Å². The van der Waals surface area contributed by atoms with Gasteiger partial charge in [0.15, 0.2) is 5.65 Å². The normalized spacial score (nSPS) is 15.2. The fourth-order valence-corrected chi connectivity index (χ4v) is 4.12. The molecular weight excluding hydrogens is 392 g/mol. The highest BCUT2D eigenvalue weighted by molar-refractivity contribution is 5.93. The second-order valence-corrected chi connectivity index (χ2v) is 7.84. The highest BCUT2D eigenvalue weighted by atomic mass is 16.5. The molecule has 31 heavy (non-hydrogen) atoms. The lowest BCUT2D eigenvalue weighted by Gasteiger charge is -2.27. The summed E-state index contributed by atoms with van der Waals surface area (Å²) in [5.41, 5.74) is 7.92. The Hall–Kier alpha value is -2.94. The molecule has 0 unspecified atom stereocenters. The highest BCUT2D eigenvalue weighted by Crippen LogP contribution is 2.31. The van der Waals surface area contributed by atoms with Gasteiger partial charge in [-0.3, -0.25) is 14.3 Å². The number of ether oxygens (including phenoxy) is 2. The molecule has 3 aromatic heterocycles. The molecule has 0 saturated carbocycles. The minimum absolute atomic E-state index is 0.547. The molecule has 0 spiro atoms. The van der Waals surface area contributed by atoms with Crippen molar-refractivity contribution >= 4 is 16.7 Å². The number of hydrogen-bond acceptors (Lipinski definition) is 7. The van der Waals surface area contributed by atoms with Crippen LogP contribution in [0.15, 0.2) is 36.9 Å². The third kappa shape index (κ3) is 4.01. The van der Waals surface area contributed by atoms with Gasteiger partial charge in [-0.1, -0.05) is 0 Å². The first-order chi connectivity index (χ1) is 15.2. The van der Waals surface area contributed by atoms with Gasteiger partial charge in [0.1, 0.15) is 6.33 Å². The summed E-state index contributed by atoms with van der Waals surface area (Å²) in [5.74, 6) is 0. The van der Waals surface area contributed by atoms with E-state index in [-0.39, 0.29) is 0 Å². The van der Waals surface area contributed by atoms with E-state index in [0.29, 0.717) is 13.2 Å². The molecule has 8 nitrogen and oxygen atoms in total. The molecule has 0 amide bonds. The van der Waals surface area contributed by atoms with Crippen LogP contribution in [0.2, 0.25) is 0 Å². The van der Waals surface area contributed by atoms with Gasteiger partial charge in [-0.05, 0) is 43.2 Å². The van der Waals surface area contributed by atoms with Crippen molar-refractivity contribution in [2.24, 2.45) is 0 Å². The van der Waals surface area contributed by atoms with Crippen LogP contribution in [0.25, 0.3) is 27.8 Å². The van der Waals surface area contributed by atoms with Gasteiger partial charge in [-0.25, -0.2) is 4.98 Å². The quantitative estimate of drug-likeness (QED) is 0.476. The van der Waals surface area contributed by atoms with Gasteiger partial charge in [-0.2, -0.15) is 0 Å². The predicted molar refractivity (Wildman–Crippen MR) is 118 cm³/mol. The van der Waals surface area contributed by atoms with Crippen molar-refractivity contribution < 1.29 is 9.47 Å². The van der Waals surface area contributed by atoms with Crippen molar-refractivity contribution in [2.45, 2.75) is 27.0 Å². The molecule has 8 heteroatoms. The van der Waals surface area contributed by atoms with E-state index in [2.05, 4.69) is 38.3 Å². The van der Waals surface area contributed by atoms with Gasteiger partial charge in [0.2, 0.25) is 0 Å². The zero-order valence-electron chi connectivity index (χ0n) is 17.9. The third-order valence-electron chi connectivity index (χ3n) is 5.65. The van der Waals surface area contributed by atoms with E-state index in [1.807, 2.05) is 30.6 Å². The van der Waals surface area contributed by atoms with Crippen molar-refractivity contribution in [1.29, 1.82) is 0 Å². The zero-order valence-corrected chi connectivity index (χ0v) is 17.9. The maximum Gasteiger partial charge on any atom is 0.182 e. The van der Waals surface area contributed by atoms with E-state index in [4.69, 9.17) is 14.5 Å². The van der Waals surface area contributed by atoms with Gasteiger partial charge < -0.3 is 9.47 Å². The summed E-state index contributed by atoms with van der Waals surface area (Å²) >= 11 is 0. The molecule has 4 aromatic rings. The van der Waals surface area contributed by atoms with Crippen molar-refractivity contribution in [3.63, 3.8) is 0 Å². The molecule has 1 aromatic carbocycles. The van der Waals surface area contributed by atoms with Crippen LogP contribution in [0, 0.1) is 6.92 Å². The molecule has 0 aliphatic carbocycles. The van der Waals surface area contributed by atoms with E-state index in [1.165, 1.54) is 5.56 Å². The molecule has 1 saturated heterocycles. The second-order valence-electron chi connectivity index (χ2n) is 7.84. The van der Waals surface area contributed by atoms with E-state index < -0.39 is 0 Å². The number of nitrogens with zero attached hydrogens (tertiary/aromatic N) is 6. The number of benzene rings is 1. The summed E-state index contributed by atoms with van der Waals surface area (Å²) in [7, 11) is 0. The smallest absolute Gasteiger partial charge is 0.182 e. The Morgan fingerprint density at radius 2 is 1.97 bits per heavy atom. The minimum atomic E-state index is 0.547. The molecule has 1 aliphatic rings. The summed E-state index contributed by atoms with van der Waals surface area (Å²) < 4.78 is 13.1. The Morgan fingerprint density at radius 3 is 2.81 bits per heavy atom. The standard InChI is InChI=1S/C23H26N6O2/c1-3-30-14-18-8-19(12-24-11-18)20-9-17(13-28-4-6-31-7-5-28)10-21-22(20)26-16(2)23-27-25-15-29(21)23/h8-12,15H,3-7,13-14H2,1-2H3. The zero-order chi connectivity index (χ0) is 21.2. The topological polar surface area (TPSA) is 77.7 Å². The van der Waals surface area contributed by atoms with E-state index in [9.17, 15) is 0 Å². The van der Waals surface area contributed by atoms with Gasteiger partial charge in [-0.15, -0.1) is 10.2 Å². The molecule has 0 radical (unpaired) electrons. The summed E-state index contributed by atoms with van der Waals surface area (Å²) in [6.45, 7) is 9.48. The highest BCUT2D eigenvalue weighted by Gasteiger charge is 2.17. The molecule has 5 rings (SSSR count). The van der Waals surface area contributed by atoms with Gasteiger partial charge in [0.25, 0.3) is 0 Å². The maximum atomic E-state index is 5.59. The van der Waals surface area contributed by atoms with Crippen LogP contribution in [0.3, 0.4) is 0 Å². The lowest BCUT2D eigenvalue weighted by atomic mass is 10.0. The minimum Gasteiger partial charge on any atom is -0.379 e. The first-order valence-electron chi connectivity index (χ1n) is 10.7. The van der Waals surface area contributed by atoms with Crippen molar-refractivity contribution in [3.05, 3.63) is 53.7 Å². The van der Waals surface area contributed by atoms with E-state index in [0.717, 1.165) is 71.9 Å². The van der Waals surface area contributed by atoms with Gasteiger partial charge in [0.05, 0.1) is 36.5 Å². The largest absolute Gasteiger partial charge is 0.379 e. The third-order valence-corrected chi connectivity index (χ3v) is 5.65. The Balaban J connectivity index is 1.67. The number of hydrogen-bond donors (Lipinski definition) is 0. The van der Waals surface area contributed by atoms with Crippen LogP contribution >= 0.6 is 0 Å². The number of morpholine rings is 1. The molecule has 0 N–H and O–H groups in total. The SMILES string of the molecule is CCOCc1cncc(-c2cc(CN3CCOCC3)cc3c2nc(C)c2nncn23)c1. The number of aryl methyl sites for hydroxylation is 1. The summed E-state index contributed by atoms with van der Waals surface area (Å²) in [6, 6.07) is 6.58. The van der Waals surface area contributed by atoms with Crippen molar-refractivity contribution in [2.75, 3.05) is 32.9 Å². The number of rotatable bonds is 6. The van der Waals surface area contributed by atoms with Crippen LogP contribution in [-0.2, 0) is 22.6 Å². The Kier molecular flexibility index (Phi) is 5.59. The second kappa shape index (κ2) is 8.66. The summed E-state index contributed by atoms with van der Waals surface area (Å²) in [4.78, 5) is 11.8. The monoisotopic (exact) mass is 418 g/mol. The summed E-state index contributed by atoms with van der Waals surface area (Å²) in [5, 5.41) is 8.38. The molecule has 1 fully saturated rings. The maximum absolute atomic E-state index is 5.59. The number of aromatic nitrogens is 5. The first-order valence-corrected chi connectivity index (χ1v) is 10.7. The Labute approximate surface area is 180 Å². The van der Waals surface area contributed by atoms with Crippen LogP contribution in [0.1, 0.15) is 23.7 Å². The lowest BCUT2D eigenvalue weighted by Crippen LogP contribution is -2.35. The fourth-order valence-electron chi connectivity index (χ4n) is 4.12. The van der Waals surface area contributed by atoms with Crippen LogP contribution in [0.4, 0.5) is 0 Å². The van der Waals surface area contributed by atoms with Crippen LogP contribution in [0.5, 0.6) is 0 Å². The molecule has 4 heterocycles. The first kappa shape index (κ1) is 20.0. The van der Waals surface area contributed by atoms with E-state index >= 15 is 0 Å². The Morgan fingerprint density at radius 1 is 1.10 bits per heavy atom. The van der Waals surface area contributed by atoms with Crippen molar-refractivity contribution in [1.82, 2.24) is 29.5 Å².